The lowest BCUT2D eigenvalue weighted by molar-refractivity contribution is 0.0954. The second kappa shape index (κ2) is 8.77. The van der Waals surface area contributed by atoms with Crippen LogP contribution in [0.15, 0.2) is 47.4 Å². The van der Waals surface area contributed by atoms with E-state index in [1.807, 2.05) is 0 Å². The van der Waals surface area contributed by atoms with E-state index in [0.29, 0.717) is 13.1 Å². The van der Waals surface area contributed by atoms with Crippen LogP contribution in [0.25, 0.3) is 0 Å². The summed E-state index contributed by atoms with van der Waals surface area (Å²) in [6, 6.07) is 9.83. The predicted octanol–water partition coefficient (Wildman–Crippen LogP) is 2.40. The van der Waals surface area contributed by atoms with Crippen LogP contribution in [0.4, 0.5) is 10.1 Å². The van der Waals surface area contributed by atoms with Crippen LogP contribution in [0.3, 0.4) is 0 Å². The number of nitrogens with one attached hydrogen (secondary N) is 2. The van der Waals surface area contributed by atoms with Crippen LogP contribution < -0.4 is 15.8 Å². The number of anilines is 1. The topological polar surface area (TPSA) is 101 Å². The molecule has 0 spiro atoms. The van der Waals surface area contributed by atoms with Crippen molar-refractivity contribution in [2.75, 3.05) is 17.8 Å². The van der Waals surface area contributed by atoms with E-state index in [2.05, 4.69) is 10.0 Å². The van der Waals surface area contributed by atoms with Crippen LogP contribution in [0.1, 0.15) is 28.8 Å². The fourth-order valence-electron chi connectivity index (χ4n) is 2.32. The second-order valence-corrected chi connectivity index (χ2v) is 7.50. The molecule has 0 saturated heterocycles. The van der Waals surface area contributed by atoms with Crippen molar-refractivity contribution in [3.63, 3.8) is 0 Å². The molecular weight excluding hydrogens is 357 g/mol. The summed E-state index contributed by atoms with van der Waals surface area (Å²) in [6.45, 7) is 2.48. The van der Waals surface area contributed by atoms with Gasteiger partial charge in [-0.05, 0) is 62.2 Å². The second-order valence-electron chi connectivity index (χ2n) is 5.81. The molecule has 0 saturated carbocycles. The Balaban J connectivity index is 2.21. The standard InChI is InChI=1S/C18H22FN3O3S/c1-13-12-14(8-9-16(13)19)26(24,25)22-17-7-3-2-6-15(17)18(23)21-11-5-4-10-20/h2-3,6-9,12,22H,4-5,10-11,20H2,1H3,(H,21,23). The average Bonchev–Trinajstić information content (AvgIpc) is 2.61. The Labute approximate surface area is 152 Å². The molecular formula is C18H22FN3O3S. The number of aryl methyl sites for hydroxylation is 1. The highest BCUT2D eigenvalue weighted by Gasteiger charge is 2.19. The van der Waals surface area contributed by atoms with Gasteiger partial charge in [-0.15, -0.1) is 0 Å². The summed E-state index contributed by atoms with van der Waals surface area (Å²) in [6.07, 6.45) is 1.53. The lowest BCUT2D eigenvalue weighted by Crippen LogP contribution is -2.26. The first-order chi connectivity index (χ1) is 12.3. The number of amides is 1. The smallest absolute Gasteiger partial charge is 0.261 e. The van der Waals surface area contributed by atoms with E-state index in [0.717, 1.165) is 18.9 Å². The van der Waals surface area contributed by atoms with E-state index in [4.69, 9.17) is 5.73 Å². The SMILES string of the molecule is Cc1cc(S(=O)(=O)Nc2ccccc2C(=O)NCCCCN)ccc1F. The minimum Gasteiger partial charge on any atom is -0.352 e. The molecule has 2 aromatic carbocycles. The molecule has 8 heteroatoms. The molecule has 4 N–H and O–H groups in total. The van der Waals surface area contributed by atoms with Crippen LogP contribution >= 0.6 is 0 Å². The monoisotopic (exact) mass is 379 g/mol. The molecule has 0 aliphatic carbocycles. The number of benzene rings is 2. The van der Waals surface area contributed by atoms with Crippen LogP contribution in [-0.2, 0) is 10.0 Å². The molecule has 0 bridgehead atoms. The highest BCUT2D eigenvalue weighted by atomic mass is 32.2. The van der Waals surface area contributed by atoms with E-state index in [9.17, 15) is 17.6 Å². The zero-order valence-corrected chi connectivity index (χ0v) is 15.3. The molecule has 0 aliphatic heterocycles. The maximum absolute atomic E-state index is 13.4. The molecule has 0 heterocycles. The van der Waals surface area contributed by atoms with E-state index in [-0.39, 0.29) is 27.6 Å². The number of sulfonamides is 1. The van der Waals surface area contributed by atoms with Crippen LogP contribution in [0, 0.1) is 12.7 Å². The number of nitrogens with two attached hydrogens (primary N) is 1. The number of carbonyl (C=O) groups excluding carboxylic acids is 1. The minimum atomic E-state index is -3.95. The lowest BCUT2D eigenvalue weighted by atomic mass is 10.1. The van der Waals surface area contributed by atoms with Gasteiger partial charge in [-0.25, -0.2) is 12.8 Å². The fourth-order valence-corrected chi connectivity index (χ4v) is 3.49. The molecule has 0 atom stereocenters. The molecule has 2 rings (SSSR count). The van der Waals surface area contributed by atoms with Gasteiger partial charge in [0.15, 0.2) is 0 Å². The van der Waals surface area contributed by atoms with Gasteiger partial charge in [-0.2, -0.15) is 0 Å². The third kappa shape index (κ3) is 5.03. The minimum absolute atomic E-state index is 0.0745. The van der Waals surface area contributed by atoms with Crippen molar-refractivity contribution in [2.24, 2.45) is 5.73 Å². The van der Waals surface area contributed by atoms with Crippen molar-refractivity contribution in [3.05, 3.63) is 59.4 Å². The molecule has 26 heavy (non-hydrogen) atoms. The van der Waals surface area contributed by atoms with E-state index >= 15 is 0 Å². The van der Waals surface area contributed by atoms with Gasteiger partial charge in [0.05, 0.1) is 16.1 Å². The highest BCUT2D eigenvalue weighted by Crippen LogP contribution is 2.21. The Kier molecular flexibility index (Phi) is 6.70. The van der Waals surface area contributed by atoms with E-state index in [1.165, 1.54) is 31.2 Å². The summed E-state index contributed by atoms with van der Waals surface area (Å²) in [7, 11) is -3.95. The van der Waals surface area contributed by atoms with Gasteiger partial charge >= 0.3 is 0 Å². The van der Waals surface area contributed by atoms with Crippen molar-refractivity contribution in [3.8, 4) is 0 Å². The molecule has 1 amide bonds. The van der Waals surface area contributed by atoms with E-state index < -0.39 is 15.8 Å². The number of halogens is 1. The van der Waals surface area contributed by atoms with E-state index in [1.54, 1.807) is 12.1 Å². The first kappa shape index (κ1) is 19.9. The van der Waals surface area contributed by atoms with Gasteiger partial charge in [-0.1, -0.05) is 12.1 Å². The highest BCUT2D eigenvalue weighted by molar-refractivity contribution is 7.92. The van der Waals surface area contributed by atoms with Crippen molar-refractivity contribution in [2.45, 2.75) is 24.7 Å². The van der Waals surface area contributed by atoms with Crippen LogP contribution in [-0.4, -0.2) is 27.4 Å². The molecule has 2 aromatic rings. The Morgan fingerprint density at radius 1 is 1.15 bits per heavy atom. The van der Waals surface area contributed by atoms with Gasteiger partial charge in [0.2, 0.25) is 0 Å². The van der Waals surface area contributed by atoms with Gasteiger partial charge in [0.1, 0.15) is 5.82 Å². The lowest BCUT2D eigenvalue weighted by Gasteiger charge is -2.13. The van der Waals surface area contributed by atoms with Crippen molar-refractivity contribution in [1.29, 1.82) is 0 Å². The largest absolute Gasteiger partial charge is 0.352 e. The van der Waals surface area contributed by atoms with Crippen molar-refractivity contribution in [1.82, 2.24) is 5.32 Å². The van der Waals surface area contributed by atoms with Crippen LogP contribution in [0.2, 0.25) is 0 Å². The van der Waals surface area contributed by atoms with Gasteiger partial charge in [-0.3, -0.25) is 9.52 Å². The molecule has 0 radical (unpaired) electrons. The quantitative estimate of drug-likeness (QED) is 0.613. The zero-order chi connectivity index (χ0) is 19.2. The fraction of sp³-hybridized carbons (Fsp3) is 0.278. The molecule has 0 aliphatic rings. The number of para-hydroxylation sites is 1. The average molecular weight is 379 g/mol. The number of unbranched alkanes of at least 4 members (excludes halogenated alkanes) is 1. The molecule has 0 unspecified atom stereocenters. The molecule has 0 aromatic heterocycles. The first-order valence-corrected chi connectivity index (χ1v) is 9.70. The summed E-state index contributed by atoms with van der Waals surface area (Å²) in [4.78, 5) is 12.2. The van der Waals surface area contributed by atoms with Crippen molar-refractivity contribution >= 4 is 21.6 Å². The molecule has 0 fully saturated rings. The predicted molar refractivity (Wildman–Crippen MR) is 99.0 cm³/mol. The van der Waals surface area contributed by atoms with Gasteiger partial charge < -0.3 is 11.1 Å². The molecule has 6 nitrogen and oxygen atoms in total. The third-order valence-corrected chi connectivity index (χ3v) is 5.14. The Morgan fingerprint density at radius 3 is 2.58 bits per heavy atom. The number of hydrogen-bond donors (Lipinski definition) is 3. The first-order valence-electron chi connectivity index (χ1n) is 8.21. The number of rotatable bonds is 8. The van der Waals surface area contributed by atoms with Crippen molar-refractivity contribution < 1.29 is 17.6 Å². The summed E-state index contributed by atoms with van der Waals surface area (Å²) < 4.78 is 40.9. The summed E-state index contributed by atoms with van der Waals surface area (Å²) >= 11 is 0. The Hall–Kier alpha value is -2.45. The zero-order valence-electron chi connectivity index (χ0n) is 14.5. The normalized spacial score (nSPS) is 11.2. The maximum atomic E-state index is 13.4. The summed E-state index contributed by atoms with van der Waals surface area (Å²) in [5.74, 6) is -0.864. The Bertz CT molecular complexity index is 885. The summed E-state index contributed by atoms with van der Waals surface area (Å²) in [5.41, 5.74) is 6.00. The maximum Gasteiger partial charge on any atom is 0.261 e. The van der Waals surface area contributed by atoms with Gasteiger partial charge in [0, 0.05) is 6.54 Å². The summed E-state index contributed by atoms with van der Waals surface area (Å²) in [5, 5.41) is 2.74. The van der Waals surface area contributed by atoms with Gasteiger partial charge in [0.25, 0.3) is 15.9 Å². The number of carbonyl (C=O) groups is 1. The Morgan fingerprint density at radius 2 is 1.88 bits per heavy atom. The number of hydrogen-bond acceptors (Lipinski definition) is 4. The van der Waals surface area contributed by atoms with Crippen LogP contribution in [0.5, 0.6) is 0 Å². The molecule has 140 valence electrons. The third-order valence-electron chi connectivity index (χ3n) is 3.77.